The lowest BCUT2D eigenvalue weighted by Crippen LogP contribution is -2.14. The van der Waals surface area contributed by atoms with Crippen molar-refractivity contribution in [3.8, 4) is 0 Å². The van der Waals surface area contributed by atoms with E-state index < -0.39 is 0 Å². The van der Waals surface area contributed by atoms with Crippen molar-refractivity contribution in [2.75, 3.05) is 13.2 Å². The molecular weight excluding hydrogens is 243 g/mol. The first-order valence-corrected chi connectivity index (χ1v) is 7.21. The normalized spacial score (nSPS) is 11.0. The Morgan fingerprint density at radius 2 is 1.17 bits per heavy atom. The second-order valence-corrected chi connectivity index (χ2v) is 5.48. The third kappa shape index (κ3) is 3.32. The van der Waals surface area contributed by atoms with Gasteiger partial charge in [-0.15, -0.1) is 9.24 Å². The summed E-state index contributed by atoms with van der Waals surface area (Å²) in [4.78, 5) is 0. The van der Waals surface area contributed by atoms with Crippen LogP contribution in [-0.4, -0.2) is 23.4 Å². The standard InChI is InChI=1S/C15H25O2P/c1-10-13(6-4-8-16)11(2)15(18)12(3)14(10)7-5-9-17/h16-17H,4-9,18H2,1-3H3. The monoisotopic (exact) mass is 268 g/mol. The van der Waals surface area contributed by atoms with Crippen LogP contribution >= 0.6 is 9.24 Å². The quantitative estimate of drug-likeness (QED) is 0.774. The van der Waals surface area contributed by atoms with Gasteiger partial charge in [0.05, 0.1) is 0 Å². The van der Waals surface area contributed by atoms with Crippen molar-refractivity contribution in [1.29, 1.82) is 0 Å². The summed E-state index contributed by atoms with van der Waals surface area (Å²) >= 11 is 0. The topological polar surface area (TPSA) is 40.5 Å². The Hall–Kier alpha value is -0.430. The predicted octanol–water partition coefficient (Wildman–Crippen LogP) is 1.96. The zero-order chi connectivity index (χ0) is 13.7. The first-order chi connectivity index (χ1) is 8.54. The summed E-state index contributed by atoms with van der Waals surface area (Å²) in [6.07, 6.45) is 3.49. The fourth-order valence-corrected chi connectivity index (χ4v) is 2.96. The van der Waals surface area contributed by atoms with Crippen molar-refractivity contribution in [3.63, 3.8) is 0 Å². The van der Waals surface area contributed by atoms with E-state index in [-0.39, 0.29) is 13.2 Å². The van der Waals surface area contributed by atoms with E-state index in [1.165, 1.54) is 33.1 Å². The van der Waals surface area contributed by atoms with Gasteiger partial charge < -0.3 is 10.2 Å². The highest BCUT2D eigenvalue weighted by atomic mass is 31.0. The van der Waals surface area contributed by atoms with Gasteiger partial charge in [-0.2, -0.15) is 0 Å². The Kier molecular flexibility index (Phi) is 6.28. The van der Waals surface area contributed by atoms with Crippen LogP contribution in [0.1, 0.15) is 40.7 Å². The van der Waals surface area contributed by atoms with Crippen LogP contribution in [0.2, 0.25) is 0 Å². The molecule has 0 aliphatic heterocycles. The van der Waals surface area contributed by atoms with E-state index in [9.17, 15) is 0 Å². The Morgan fingerprint density at radius 1 is 0.778 bits per heavy atom. The maximum Gasteiger partial charge on any atom is 0.0434 e. The molecule has 0 radical (unpaired) electrons. The van der Waals surface area contributed by atoms with Gasteiger partial charge in [-0.3, -0.25) is 0 Å². The summed E-state index contributed by atoms with van der Waals surface area (Å²) in [5.41, 5.74) is 6.74. The van der Waals surface area contributed by atoms with E-state index in [2.05, 4.69) is 30.0 Å². The van der Waals surface area contributed by atoms with Gasteiger partial charge in [0.1, 0.15) is 0 Å². The maximum absolute atomic E-state index is 9.01. The Balaban J connectivity index is 3.21. The van der Waals surface area contributed by atoms with E-state index in [4.69, 9.17) is 10.2 Å². The lowest BCUT2D eigenvalue weighted by Gasteiger charge is -2.20. The molecule has 1 aromatic carbocycles. The van der Waals surface area contributed by atoms with Crippen LogP contribution in [0.25, 0.3) is 0 Å². The van der Waals surface area contributed by atoms with Crippen LogP contribution in [0, 0.1) is 20.8 Å². The highest BCUT2D eigenvalue weighted by Gasteiger charge is 2.14. The molecule has 0 heterocycles. The summed E-state index contributed by atoms with van der Waals surface area (Å²) in [7, 11) is 2.84. The Labute approximate surface area is 113 Å². The van der Waals surface area contributed by atoms with Crippen LogP contribution in [-0.2, 0) is 12.8 Å². The second-order valence-electron chi connectivity index (χ2n) is 4.90. The number of hydrogen-bond acceptors (Lipinski definition) is 2. The van der Waals surface area contributed by atoms with Gasteiger partial charge in [0.25, 0.3) is 0 Å². The molecule has 0 aliphatic carbocycles. The Bertz CT molecular complexity index is 378. The molecule has 3 heteroatoms. The first kappa shape index (κ1) is 15.6. The fourth-order valence-electron chi connectivity index (χ4n) is 2.61. The number of hydrogen-bond donors (Lipinski definition) is 2. The molecule has 0 aliphatic rings. The molecule has 1 unspecified atom stereocenters. The van der Waals surface area contributed by atoms with Crippen LogP contribution in [0.4, 0.5) is 0 Å². The molecular formula is C15H25O2P. The molecule has 1 rings (SSSR count). The summed E-state index contributed by atoms with van der Waals surface area (Å²) in [6, 6.07) is 0. The lowest BCUT2D eigenvalue weighted by molar-refractivity contribution is 0.288. The fraction of sp³-hybridized carbons (Fsp3) is 0.600. The van der Waals surface area contributed by atoms with E-state index in [1.807, 2.05) is 0 Å². The number of rotatable bonds is 6. The smallest absolute Gasteiger partial charge is 0.0434 e. The molecule has 2 nitrogen and oxygen atoms in total. The van der Waals surface area contributed by atoms with Gasteiger partial charge in [0, 0.05) is 13.2 Å². The molecule has 0 saturated heterocycles. The van der Waals surface area contributed by atoms with Crippen LogP contribution < -0.4 is 5.30 Å². The van der Waals surface area contributed by atoms with Gasteiger partial charge in [0.15, 0.2) is 0 Å². The summed E-state index contributed by atoms with van der Waals surface area (Å²) in [5.74, 6) is 0. The van der Waals surface area contributed by atoms with E-state index in [0.717, 1.165) is 25.7 Å². The van der Waals surface area contributed by atoms with Gasteiger partial charge in [0.2, 0.25) is 0 Å². The minimum absolute atomic E-state index is 0.241. The summed E-state index contributed by atoms with van der Waals surface area (Å²) in [5, 5.41) is 19.3. The van der Waals surface area contributed by atoms with Crippen molar-refractivity contribution in [1.82, 2.24) is 0 Å². The molecule has 0 amide bonds. The third-order valence-electron chi connectivity index (χ3n) is 3.79. The third-order valence-corrected chi connectivity index (χ3v) is 4.65. The molecule has 0 spiro atoms. The van der Waals surface area contributed by atoms with E-state index in [1.54, 1.807) is 0 Å². The van der Waals surface area contributed by atoms with Gasteiger partial charge in [-0.25, -0.2) is 0 Å². The Morgan fingerprint density at radius 3 is 1.50 bits per heavy atom. The highest BCUT2D eigenvalue weighted by Crippen LogP contribution is 2.24. The zero-order valence-electron chi connectivity index (χ0n) is 11.7. The SMILES string of the molecule is Cc1c(P)c(C)c(CCCO)c(C)c1CCCO. The molecule has 0 fully saturated rings. The molecule has 1 atom stereocenters. The molecule has 18 heavy (non-hydrogen) atoms. The zero-order valence-corrected chi connectivity index (χ0v) is 12.9. The molecule has 0 saturated carbocycles. The minimum Gasteiger partial charge on any atom is -0.396 e. The highest BCUT2D eigenvalue weighted by molar-refractivity contribution is 7.27. The number of benzene rings is 1. The van der Waals surface area contributed by atoms with Crippen molar-refractivity contribution < 1.29 is 10.2 Å². The van der Waals surface area contributed by atoms with Crippen LogP contribution in [0.5, 0.6) is 0 Å². The summed E-state index contributed by atoms with van der Waals surface area (Å²) < 4.78 is 0. The van der Waals surface area contributed by atoms with Crippen molar-refractivity contribution in [2.24, 2.45) is 0 Å². The van der Waals surface area contributed by atoms with Gasteiger partial charge >= 0.3 is 0 Å². The lowest BCUT2D eigenvalue weighted by atomic mass is 9.89. The van der Waals surface area contributed by atoms with Crippen molar-refractivity contribution in [2.45, 2.75) is 46.5 Å². The second kappa shape index (κ2) is 7.23. The predicted molar refractivity (Wildman–Crippen MR) is 80.8 cm³/mol. The molecule has 0 aromatic heterocycles. The molecule has 102 valence electrons. The maximum atomic E-state index is 9.01. The van der Waals surface area contributed by atoms with Gasteiger partial charge in [-0.1, -0.05) is 0 Å². The van der Waals surface area contributed by atoms with Crippen LogP contribution in [0.3, 0.4) is 0 Å². The largest absolute Gasteiger partial charge is 0.396 e. The van der Waals surface area contributed by atoms with Gasteiger partial charge in [-0.05, 0) is 79.6 Å². The van der Waals surface area contributed by atoms with E-state index >= 15 is 0 Å². The first-order valence-electron chi connectivity index (χ1n) is 6.63. The molecule has 0 bridgehead atoms. The average Bonchev–Trinajstić information content (AvgIpc) is 2.36. The number of aliphatic hydroxyl groups excluding tert-OH is 2. The number of aliphatic hydroxyl groups is 2. The molecule has 1 aromatic rings. The van der Waals surface area contributed by atoms with Crippen LogP contribution in [0.15, 0.2) is 0 Å². The average molecular weight is 268 g/mol. The van der Waals surface area contributed by atoms with Crippen molar-refractivity contribution >= 4 is 14.5 Å². The summed E-state index contributed by atoms with van der Waals surface area (Å²) in [6.45, 7) is 6.97. The molecule has 2 N–H and O–H groups in total. The van der Waals surface area contributed by atoms with E-state index in [0.29, 0.717) is 0 Å². The van der Waals surface area contributed by atoms with Crippen molar-refractivity contribution in [3.05, 3.63) is 27.8 Å². The minimum atomic E-state index is 0.241.